The molecular weight excluding hydrogens is 484 g/mol. The van der Waals surface area contributed by atoms with Crippen LogP contribution in [0.3, 0.4) is 0 Å². The molecule has 2 heterocycles. The number of nitrogens with zero attached hydrogens (tertiary/aromatic N) is 4. The molecule has 0 aliphatic carbocycles. The van der Waals surface area contributed by atoms with Crippen molar-refractivity contribution in [1.29, 1.82) is 0 Å². The van der Waals surface area contributed by atoms with Crippen molar-refractivity contribution < 1.29 is 4.79 Å². The van der Waals surface area contributed by atoms with Crippen molar-refractivity contribution in [3.05, 3.63) is 102 Å². The van der Waals surface area contributed by atoms with Crippen LogP contribution in [0.5, 0.6) is 0 Å². The fourth-order valence-electron chi connectivity index (χ4n) is 5.38. The van der Waals surface area contributed by atoms with E-state index in [0.29, 0.717) is 18.3 Å². The van der Waals surface area contributed by atoms with Crippen molar-refractivity contribution in [3.8, 4) is 0 Å². The van der Waals surface area contributed by atoms with Crippen LogP contribution in [-0.2, 0) is 11.3 Å². The van der Waals surface area contributed by atoms with E-state index in [2.05, 4.69) is 75.8 Å². The molecule has 5 rings (SSSR count). The highest BCUT2D eigenvalue weighted by atomic mass is 16.1. The predicted molar refractivity (Wildman–Crippen MR) is 157 cm³/mol. The molecule has 0 saturated carbocycles. The fraction of sp³-hybridized carbons (Fsp3) is 0.344. The lowest BCUT2D eigenvalue weighted by atomic mass is 9.90. The number of hydrogen-bond donors (Lipinski definition) is 2. The van der Waals surface area contributed by atoms with E-state index in [1.165, 1.54) is 11.1 Å². The Labute approximate surface area is 231 Å². The highest BCUT2D eigenvalue weighted by Crippen LogP contribution is 2.27. The smallest absolute Gasteiger partial charge is 0.240 e. The summed E-state index contributed by atoms with van der Waals surface area (Å²) in [5, 5.41) is 4.20. The van der Waals surface area contributed by atoms with Crippen molar-refractivity contribution in [1.82, 2.24) is 19.8 Å². The number of aromatic nitrogens is 2. The van der Waals surface area contributed by atoms with E-state index in [1.54, 1.807) is 0 Å². The number of nitrogens with one attached hydrogen (secondary N) is 1. The number of nitrogens with two attached hydrogens (primary N) is 1. The van der Waals surface area contributed by atoms with Gasteiger partial charge in [-0.1, -0.05) is 86.6 Å². The van der Waals surface area contributed by atoms with Crippen LogP contribution in [-0.4, -0.2) is 64.4 Å². The van der Waals surface area contributed by atoms with E-state index < -0.39 is 6.04 Å². The molecule has 0 spiro atoms. The molecule has 3 N–H and O–H groups in total. The number of benzene rings is 3. The van der Waals surface area contributed by atoms with Crippen molar-refractivity contribution in [2.45, 2.75) is 32.4 Å². The normalized spacial score (nSPS) is 15.6. The molecule has 1 aliphatic heterocycles. The minimum Gasteiger partial charge on any atom is -0.368 e. The SMILES string of the molecule is CC(C)[C@H](Nc1nc(CN2CCN(CC(c3ccccc3)c3ccccc3)CC2)nc2ccccc12)C(N)=O. The molecule has 1 aromatic heterocycles. The number of carbonyl (C=O) groups is 1. The third-order valence-corrected chi connectivity index (χ3v) is 7.59. The molecule has 4 aromatic rings. The van der Waals surface area contributed by atoms with Gasteiger partial charge in [0.05, 0.1) is 12.1 Å². The minimum absolute atomic E-state index is 0.0448. The standard InChI is InChI=1S/C32H38N6O/c1-23(2)30(31(33)39)36-32-26-15-9-10-16-28(26)34-29(35-32)22-38-19-17-37(18-20-38)21-27(24-11-5-3-6-12-24)25-13-7-4-8-14-25/h3-16,23,27,30H,17-22H2,1-2H3,(H2,33,39)(H,34,35,36)/t30-/m0/s1. The lowest BCUT2D eigenvalue weighted by molar-refractivity contribution is -0.119. The molecule has 1 amide bonds. The summed E-state index contributed by atoms with van der Waals surface area (Å²) in [5.74, 6) is 1.43. The van der Waals surface area contributed by atoms with Crippen LogP contribution in [0.1, 0.15) is 36.7 Å². The van der Waals surface area contributed by atoms with E-state index in [0.717, 1.165) is 49.5 Å². The second kappa shape index (κ2) is 12.4. The molecule has 1 saturated heterocycles. The number of fused-ring (bicyclic) bond motifs is 1. The molecule has 0 radical (unpaired) electrons. The van der Waals surface area contributed by atoms with Gasteiger partial charge in [-0.05, 0) is 29.2 Å². The third-order valence-electron chi connectivity index (χ3n) is 7.59. The highest BCUT2D eigenvalue weighted by Gasteiger charge is 2.24. The lowest BCUT2D eigenvalue weighted by Gasteiger charge is -2.36. The van der Waals surface area contributed by atoms with E-state index in [-0.39, 0.29) is 11.8 Å². The Bertz CT molecular complexity index is 1330. The number of piperazine rings is 1. The topological polar surface area (TPSA) is 87.4 Å². The predicted octanol–water partition coefficient (Wildman–Crippen LogP) is 4.50. The Morgan fingerprint density at radius 3 is 1.97 bits per heavy atom. The number of hydrogen-bond acceptors (Lipinski definition) is 6. The minimum atomic E-state index is -0.498. The summed E-state index contributed by atoms with van der Waals surface area (Å²) in [7, 11) is 0. The van der Waals surface area contributed by atoms with Crippen molar-refractivity contribution >= 4 is 22.6 Å². The van der Waals surface area contributed by atoms with E-state index in [1.807, 2.05) is 38.1 Å². The zero-order valence-corrected chi connectivity index (χ0v) is 22.8. The summed E-state index contributed by atoms with van der Waals surface area (Å²) in [6.45, 7) is 9.50. The van der Waals surface area contributed by atoms with Crippen LogP contribution >= 0.6 is 0 Å². The van der Waals surface area contributed by atoms with Gasteiger partial charge in [0.15, 0.2) is 0 Å². The van der Waals surface area contributed by atoms with Crippen LogP contribution in [0.4, 0.5) is 5.82 Å². The van der Waals surface area contributed by atoms with Crippen LogP contribution in [0.15, 0.2) is 84.9 Å². The maximum absolute atomic E-state index is 12.1. The molecular formula is C32H38N6O. The van der Waals surface area contributed by atoms with Crippen LogP contribution in [0.2, 0.25) is 0 Å². The summed E-state index contributed by atoms with van der Waals surface area (Å²) in [6, 6.07) is 29.0. The second-order valence-corrected chi connectivity index (χ2v) is 10.7. The molecule has 7 nitrogen and oxygen atoms in total. The van der Waals surface area contributed by atoms with Crippen molar-refractivity contribution in [3.63, 3.8) is 0 Å². The second-order valence-electron chi connectivity index (χ2n) is 10.7. The highest BCUT2D eigenvalue weighted by molar-refractivity contribution is 5.91. The van der Waals surface area contributed by atoms with E-state index >= 15 is 0 Å². The Morgan fingerprint density at radius 2 is 1.38 bits per heavy atom. The molecule has 1 atom stereocenters. The number of primary amides is 1. The van der Waals surface area contributed by atoms with Crippen molar-refractivity contribution in [2.24, 2.45) is 11.7 Å². The maximum atomic E-state index is 12.1. The van der Waals surface area contributed by atoms with Gasteiger partial charge >= 0.3 is 0 Å². The molecule has 0 bridgehead atoms. The van der Waals surface area contributed by atoms with Gasteiger partial charge in [-0.2, -0.15) is 0 Å². The maximum Gasteiger partial charge on any atom is 0.240 e. The average Bonchev–Trinajstić information content (AvgIpc) is 2.96. The summed E-state index contributed by atoms with van der Waals surface area (Å²) in [5.41, 5.74) is 9.25. The number of carbonyl (C=O) groups excluding carboxylic acids is 1. The third kappa shape index (κ3) is 6.61. The number of amides is 1. The summed E-state index contributed by atoms with van der Waals surface area (Å²) >= 11 is 0. The zero-order valence-electron chi connectivity index (χ0n) is 22.8. The number of rotatable bonds is 10. The Kier molecular flexibility index (Phi) is 8.49. The number of anilines is 1. The first kappa shape index (κ1) is 26.8. The van der Waals surface area contributed by atoms with Crippen LogP contribution < -0.4 is 11.1 Å². The lowest BCUT2D eigenvalue weighted by Crippen LogP contribution is -2.47. The monoisotopic (exact) mass is 522 g/mol. The summed E-state index contributed by atoms with van der Waals surface area (Å²) in [4.78, 5) is 26.8. The Morgan fingerprint density at radius 1 is 0.821 bits per heavy atom. The average molecular weight is 523 g/mol. The summed E-state index contributed by atoms with van der Waals surface area (Å²) < 4.78 is 0. The molecule has 1 aliphatic rings. The van der Waals surface area contributed by atoms with E-state index in [9.17, 15) is 4.79 Å². The van der Waals surface area contributed by atoms with Gasteiger partial charge in [-0.15, -0.1) is 0 Å². The van der Waals surface area contributed by atoms with E-state index in [4.69, 9.17) is 15.7 Å². The van der Waals surface area contributed by atoms with Crippen LogP contribution in [0, 0.1) is 5.92 Å². The largest absolute Gasteiger partial charge is 0.368 e. The van der Waals surface area contributed by atoms with Gasteiger partial charge in [0.2, 0.25) is 5.91 Å². The first-order valence-corrected chi connectivity index (χ1v) is 13.8. The Balaban J connectivity index is 1.27. The summed E-state index contributed by atoms with van der Waals surface area (Å²) in [6.07, 6.45) is 0. The molecule has 39 heavy (non-hydrogen) atoms. The van der Waals surface area contributed by atoms with Gasteiger partial charge in [0, 0.05) is 44.0 Å². The first-order chi connectivity index (χ1) is 19.0. The quantitative estimate of drug-likeness (QED) is 0.319. The zero-order chi connectivity index (χ0) is 27.2. The molecule has 7 heteroatoms. The molecule has 0 unspecified atom stereocenters. The fourth-order valence-corrected chi connectivity index (χ4v) is 5.38. The van der Waals surface area contributed by atoms with Gasteiger partial charge < -0.3 is 11.1 Å². The molecule has 3 aromatic carbocycles. The first-order valence-electron chi connectivity index (χ1n) is 13.8. The van der Waals surface area contributed by atoms with Gasteiger partial charge in [0.1, 0.15) is 17.7 Å². The molecule has 202 valence electrons. The van der Waals surface area contributed by atoms with Gasteiger partial charge in [-0.25, -0.2) is 9.97 Å². The van der Waals surface area contributed by atoms with Crippen LogP contribution in [0.25, 0.3) is 10.9 Å². The van der Waals surface area contributed by atoms with Gasteiger partial charge in [-0.3, -0.25) is 14.6 Å². The van der Waals surface area contributed by atoms with Gasteiger partial charge in [0.25, 0.3) is 0 Å². The number of para-hydroxylation sites is 1. The van der Waals surface area contributed by atoms with Crippen molar-refractivity contribution in [2.75, 3.05) is 38.0 Å². The Hall–Kier alpha value is -3.81. The molecule has 1 fully saturated rings.